The zero-order valence-electron chi connectivity index (χ0n) is 20.5. The summed E-state index contributed by atoms with van der Waals surface area (Å²) in [5, 5.41) is 3.16. The fourth-order valence-corrected chi connectivity index (χ4v) is 4.21. The minimum absolute atomic E-state index is 0.212. The average molecular weight is 509 g/mol. The SMILES string of the molecule is CCCN(C(=O)Nc1ccc(C(F)(F)F)cc1)C(C)c1nc2ccccc2c(=O)n1Cc1ccccc1. The predicted molar refractivity (Wildman–Crippen MR) is 137 cm³/mol. The Morgan fingerprint density at radius 3 is 2.30 bits per heavy atom. The second kappa shape index (κ2) is 10.9. The average Bonchev–Trinajstić information content (AvgIpc) is 2.89. The van der Waals surface area contributed by atoms with Crippen molar-refractivity contribution in [3.63, 3.8) is 0 Å². The number of alkyl halides is 3. The number of carbonyl (C=O) groups is 1. The van der Waals surface area contributed by atoms with Crippen LogP contribution in [0.5, 0.6) is 0 Å². The molecular weight excluding hydrogens is 481 g/mol. The third kappa shape index (κ3) is 5.82. The van der Waals surface area contributed by atoms with Crippen LogP contribution >= 0.6 is 0 Å². The van der Waals surface area contributed by atoms with Gasteiger partial charge in [-0.05, 0) is 55.3 Å². The standard InChI is InChI=1S/C28H27F3N4O2/c1-3-17-34(27(37)32-22-15-13-21(14-16-22)28(29,30)31)19(2)25-33-24-12-8-7-11-23(24)26(36)35(25)18-20-9-5-4-6-10-20/h4-16,19H,3,17-18H2,1-2H3,(H,32,37). The lowest BCUT2D eigenvalue weighted by Crippen LogP contribution is -2.40. The van der Waals surface area contributed by atoms with Crippen LogP contribution in [-0.2, 0) is 12.7 Å². The quantitative estimate of drug-likeness (QED) is 0.311. The first-order valence-corrected chi connectivity index (χ1v) is 12.0. The zero-order valence-corrected chi connectivity index (χ0v) is 20.5. The lowest BCUT2D eigenvalue weighted by molar-refractivity contribution is -0.137. The molecule has 1 unspecified atom stereocenters. The maximum atomic E-state index is 13.5. The number of hydrogen-bond acceptors (Lipinski definition) is 3. The van der Waals surface area contributed by atoms with Crippen LogP contribution < -0.4 is 10.9 Å². The third-order valence-corrected chi connectivity index (χ3v) is 6.10. The summed E-state index contributed by atoms with van der Waals surface area (Å²) >= 11 is 0. The summed E-state index contributed by atoms with van der Waals surface area (Å²) in [6, 6.07) is 19.7. The third-order valence-electron chi connectivity index (χ3n) is 6.10. The molecule has 6 nitrogen and oxygen atoms in total. The Bertz CT molecular complexity index is 1430. The van der Waals surface area contributed by atoms with E-state index in [-0.39, 0.29) is 17.8 Å². The largest absolute Gasteiger partial charge is 0.416 e. The molecule has 0 saturated heterocycles. The second-order valence-corrected chi connectivity index (χ2v) is 8.74. The number of nitrogens with one attached hydrogen (secondary N) is 1. The molecule has 0 fully saturated rings. The number of fused-ring (bicyclic) bond motifs is 1. The van der Waals surface area contributed by atoms with Gasteiger partial charge in [-0.1, -0.05) is 49.4 Å². The van der Waals surface area contributed by atoms with Crippen LogP contribution in [0.15, 0.2) is 83.7 Å². The van der Waals surface area contributed by atoms with E-state index < -0.39 is 23.8 Å². The van der Waals surface area contributed by atoms with E-state index in [1.807, 2.05) is 37.3 Å². The first-order chi connectivity index (χ1) is 17.7. The van der Waals surface area contributed by atoms with Crippen molar-refractivity contribution >= 4 is 22.6 Å². The Hall–Kier alpha value is -4.14. The molecule has 1 aromatic heterocycles. The Kier molecular flexibility index (Phi) is 7.61. The highest BCUT2D eigenvalue weighted by Gasteiger charge is 2.30. The molecule has 0 aliphatic heterocycles. The fourth-order valence-electron chi connectivity index (χ4n) is 4.21. The number of amides is 2. The maximum Gasteiger partial charge on any atom is 0.416 e. The van der Waals surface area contributed by atoms with E-state index in [0.29, 0.717) is 29.7 Å². The first-order valence-electron chi connectivity index (χ1n) is 12.0. The van der Waals surface area contributed by atoms with Crippen molar-refractivity contribution in [3.8, 4) is 0 Å². The normalized spacial score (nSPS) is 12.4. The Labute approximate surface area is 212 Å². The minimum Gasteiger partial charge on any atom is -0.315 e. The molecule has 0 aliphatic carbocycles. The molecular formula is C28H27F3N4O2. The second-order valence-electron chi connectivity index (χ2n) is 8.74. The van der Waals surface area contributed by atoms with Crippen molar-refractivity contribution in [2.45, 2.75) is 39.0 Å². The Morgan fingerprint density at radius 2 is 1.65 bits per heavy atom. The van der Waals surface area contributed by atoms with E-state index in [4.69, 9.17) is 4.98 Å². The number of carbonyl (C=O) groups excluding carboxylic acids is 1. The molecule has 9 heteroatoms. The highest BCUT2D eigenvalue weighted by Crippen LogP contribution is 2.30. The van der Waals surface area contributed by atoms with Gasteiger partial charge in [0.15, 0.2) is 0 Å². The van der Waals surface area contributed by atoms with Crippen LogP contribution in [0.25, 0.3) is 10.9 Å². The summed E-state index contributed by atoms with van der Waals surface area (Å²) in [5.74, 6) is 0.420. The summed E-state index contributed by atoms with van der Waals surface area (Å²) in [5.41, 5.74) is 0.662. The van der Waals surface area contributed by atoms with Crippen LogP contribution in [0.1, 0.15) is 43.3 Å². The molecule has 2 amide bonds. The molecule has 1 N–H and O–H groups in total. The monoisotopic (exact) mass is 508 g/mol. The van der Waals surface area contributed by atoms with Gasteiger partial charge in [0.05, 0.1) is 29.1 Å². The summed E-state index contributed by atoms with van der Waals surface area (Å²) in [6.45, 7) is 4.33. The fraction of sp³-hybridized carbons (Fsp3) is 0.250. The number of halogens is 3. The molecule has 4 aromatic rings. The number of benzene rings is 3. The lowest BCUT2D eigenvalue weighted by Gasteiger charge is -2.30. The van der Waals surface area contributed by atoms with E-state index in [1.54, 1.807) is 35.8 Å². The molecule has 4 rings (SSSR count). The predicted octanol–water partition coefficient (Wildman–Crippen LogP) is 6.47. The van der Waals surface area contributed by atoms with Crippen LogP contribution in [0.3, 0.4) is 0 Å². The Balaban J connectivity index is 1.70. The summed E-state index contributed by atoms with van der Waals surface area (Å²) in [6.07, 6.45) is -3.84. The van der Waals surface area contributed by atoms with Crippen molar-refractivity contribution in [2.75, 3.05) is 11.9 Å². The van der Waals surface area contributed by atoms with Gasteiger partial charge >= 0.3 is 12.2 Å². The van der Waals surface area contributed by atoms with Gasteiger partial charge in [0.2, 0.25) is 0 Å². The topological polar surface area (TPSA) is 67.2 Å². The molecule has 1 atom stereocenters. The van der Waals surface area contributed by atoms with E-state index >= 15 is 0 Å². The van der Waals surface area contributed by atoms with Gasteiger partial charge < -0.3 is 10.2 Å². The summed E-state index contributed by atoms with van der Waals surface area (Å²) in [7, 11) is 0. The first kappa shape index (κ1) is 25.9. The molecule has 0 radical (unpaired) electrons. The number of aromatic nitrogens is 2. The summed E-state index contributed by atoms with van der Waals surface area (Å²) < 4.78 is 40.3. The van der Waals surface area contributed by atoms with E-state index in [2.05, 4.69) is 5.32 Å². The van der Waals surface area contributed by atoms with Crippen LogP contribution in [0.4, 0.5) is 23.7 Å². The molecule has 0 spiro atoms. The zero-order chi connectivity index (χ0) is 26.6. The van der Waals surface area contributed by atoms with Gasteiger partial charge in [-0.2, -0.15) is 13.2 Å². The number of para-hydroxylation sites is 1. The molecule has 0 aliphatic rings. The highest BCUT2D eigenvalue weighted by atomic mass is 19.4. The van der Waals surface area contributed by atoms with Crippen LogP contribution in [-0.4, -0.2) is 27.0 Å². The molecule has 0 saturated carbocycles. The van der Waals surface area contributed by atoms with E-state index in [0.717, 1.165) is 17.7 Å². The van der Waals surface area contributed by atoms with Gasteiger partial charge in [0.25, 0.3) is 5.56 Å². The van der Waals surface area contributed by atoms with Crippen molar-refractivity contribution in [1.29, 1.82) is 0 Å². The van der Waals surface area contributed by atoms with Crippen molar-refractivity contribution in [3.05, 3.63) is 106 Å². The van der Waals surface area contributed by atoms with Crippen LogP contribution in [0.2, 0.25) is 0 Å². The van der Waals surface area contributed by atoms with Crippen LogP contribution in [0, 0.1) is 0 Å². The van der Waals surface area contributed by atoms with Gasteiger partial charge in [-0.25, -0.2) is 9.78 Å². The van der Waals surface area contributed by atoms with Gasteiger partial charge in [-0.3, -0.25) is 9.36 Å². The molecule has 0 bridgehead atoms. The summed E-state index contributed by atoms with van der Waals surface area (Å²) in [4.78, 5) is 33.1. The van der Waals surface area contributed by atoms with Gasteiger partial charge in [-0.15, -0.1) is 0 Å². The number of urea groups is 1. The van der Waals surface area contributed by atoms with Crippen molar-refractivity contribution in [1.82, 2.24) is 14.5 Å². The van der Waals surface area contributed by atoms with E-state index in [1.165, 1.54) is 17.0 Å². The molecule has 1 heterocycles. The smallest absolute Gasteiger partial charge is 0.315 e. The maximum absolute atomic E-state index is 13.5. The Morgan fingerprint density at radius 1 is 1.00 bits per heavy atom. The molecule has 37 heavy (non-hydrogen) atoms. The molecule has 192 valence electrons. The van der Waals surface area contributed by atoms with Crippen molar-refractivity contribution < 1.29 is 18.0 Å². The lowest BCUT2D eigenvalue weighted by atomic mass is 10.1. The van der Waals surface area contributed by atoms with Gasteiger partial charge in [0.1, 0.15) is 5.82 Å². The van der Waals surface area contributed by atoms with E-state index in [9.17, 15) is 22.8 Å². The highest BCUT2D eigenvalue weighted by molar-refractivity contribution is 5.89. The molecule has 3 aromatic carbocycles. The van der Waals surface area contributed by atoms with Crippen molar-refractivity contribution in [2.24, 2.45) is 0 Å². The minimum atomic E-state index is -4.46. The number of anilines is 1. The van der Waals surface area contributed by atoms with Gasteiger partial charge in [0, 0.05) is 12.2 Å². The number of hydrogen-bond donors (Lipinski definition) is 1. The number of rotatable bonds is 7. The number of nitrogens with zero attached hydrogens (tertiary/aromatic N) is 3.